The molecule has 1 N–H and O–H groups in total. The summed E-state index contributed by atoms with van der Waals surface area (Å²) in [6.07, 6.45) is 2.31. The Morgan fingerprint density at radius 1 is 1.03 bits per heavy atom. The molecule has 0 fully saturated rings. The maximum absolute atomic E-state index is 12.7. The van der Waals surface area contributed by atoms with Gasteiger partial charge in [-0.25, -0.2) is 13.5 Å². The van der Waals surface area contributed by atoms with Crippen molar-refractivity contribution in [2.75, 3.05) is 13.7 Å². The van der Waals surface area contributed by atoms with E-state index in [2.05, 4.69) is 5.32 Å². The van der Waals surface area contributed by atoms with Crippen molar-refractivity contribution in [3.05, 3.63) is 70.5 Å². The van der Waals surface area contributed by atoms with Crippen LogP contribution in [-0.2, 0) is 20.9 Å². The van der Waals surface area contributed by atoms with Crippen LogP contribution in [0.4, 0.5) is 4.79 Å². The van der Waals surface area contributed by atoms with Gasteiger partial charge >= 0.3 is 12.1 Å². The first-order chi connectivity index (χ1) is 15.1. The summed E-state index contributed by atoms with van der Waals surface area (Å²) in [5.41, 5.74) is 0.766. The number of carbonyl (C=O) groups is 2. The van der Waals surface area contributed by atoms with E-state index < -0.39 is 18.1 Å². The molecule has 0 saturated carbocycles. The normalized spacial score (nSPS) is 11.8. The van der Waals surface area contributed by atoms with Gasteiger partial charge in [-0.1, -0.05) is 66.8 Å². The van der Waals surface area contributed by atoms with Crippen LogP contribution in [0.1, 0.15) is 37.3 Å². The highest BCUT2D eigenvalue weighted by molar-refractivity contribution is 7.14. The summed E-state index contributed by atoms with van der Waals surface area (Å²) < 4.78 is 12.5. The number of fused-ring (bicyclic) bond motifs is 1. The molecule has 8 heteroatoms. The molecule has 3 rings (SSSR count). The number of methoxy groups -OCH3 is 1. The Morgan fingerprint density at radius 3 is 2.52 bits per heavy atom. The third-order valence-corrected chi connectivity index (χ3v) is 6.08. The van der Waals surface area contributed by atoms with Crippen LogP contribution in [0.2, 0.25) is 0 Å². The Balaban J connectivity index is 1.43. The van der Waals surface area contributed by atoms with E-state index in [-0.39, 0.29) is 12.2 Å². The Morgan fingerprint density at radius 2 is 1.77 bits per heavy atom. The topological polar surface area (TPSA) is 86.6 Å². The van der Waals surface area contributed by atoms with Crippen molar-refractivity contribution in [3.63, 3.8) is 0 Å². The van der Waals surface area contributed by atoms with Crippen molar-refractivity contribution >= 4 is 33.7 Å². The third-order valence-electron chi connectivity index (χ3n) is 4.91. The number of amides is 1. The molecule has 0 saturated heterocycles. The van der Waals surface area contributed by atoms with E-state index >= 15 is 0 Å². The molecule has 0 aliphatic rings. The van der Waals surface area contributed by atoms with Gasteiger partial charge in [0.2, 0.25) is 0 Å². The number of rotatable bonds is 10. The molecular weight excluding hydrogens is 416 g/mol. The monoisotopic (exact) mass is 442 g/mol. The van der Waals surface area contributed by atoms with Gasteiger partial charge in [0, 0.05) is 6.54 Å². The summed E-state index contributed by atoms with van der Waals surface area (Å²) >= 11 is 1.28. The third kappa shape index (κ3) is 6.18. The fourth-order valence-corrected chi connectivity index (χ4v) is 4.37. The first-order valence-electron chi connectivity index (χ1n) is 10.2. The maximum Gasteiger partial charge on any atom is 0.407 e. The van der Waals surface area contributed by atoms with Crippen LogP contribution in [0, 0.1) is 0 Å². The summed E-state index contributed by atoms with van der Waals surface area (Å²) in [5.74, 6) is -0.420. The Kier molecular flexibility index (Phi) is 8.23. The molecule has 0 aliphatic heterocycles. The highest BCUT2D eigenvalue weighted by Crippen LogP contribution is 2.24. The zero-order chi connectivity index (χ0) is 22.1. The van der Waals surface area contributed by atoms with Gasteiger partial charge in [0.25, 0.3) is 5.56 Å². The van der Waals surface area contributed by atoms with Crippen molar-refractivity contribution in [2.45, 2.75) is 38.3 Å². The fourth-order valence-electron chi connectivity index (χ4n) is 3.27. The second-order valence-electron chi connectivity index (χ2n) is 7.10. The van der Waals surface area contributed by atoms with Crippen molar-refractivity contribution in [1.29, 1.82) is 0 Å². The SMILES string of the molecule is COC(=O)C(CCCCCNC(=O)OCc1ccccc1)n1sc2ccccc2c1=O. The van der Waals surface area contributed by atoms with Crippen LogP contribution in [0.15, 0.2) is 59.4 Å². The molecule has 164 valence electrons. The van der Waals surface area contributed by atoms with Crippen LogP contribution < -0.4 is 10.9 Å². The molecule has 0 bridgehead atoms. The minimum absolute atomic E-state index is 0.168. The second-order valence-corrected chi connectivity index (χ2v) is 8.11. The molecule has 31 heavy (non-hydrogen) atoms. The molecule has 1 aromatic heterocycles. The van der Waals surface area contributed by atoms with Gasteiger partial charge in [-0.05, 0) is 30.5 Å². The largest absolute Gasteiger partial charge is 0.467 e. The summed E-state index contributed by atoms with van der Waals surface area (Å²) in [6, 6.07) is 16.2. The second kappa shape index (κ2) is 11.3. The average molecular weight is 443 g/mol. The molecule has 7 nitrogen and oxygen atoms in total. The van der Waals surface area contributed by atoms with Gasteiger partial charge < -0.3 is 14.8 Å². The van der Waals surface area contributed by atoms with Crippen molar-refractivity contribution in [3.8, 4) is 0 Å². The summed E-state index contributed by atoms with van der Waals surface area (Å²) in [5, 5.41) is 3.34. The molecule has 1 amide bonds. The summed E-state index contributed by atoms with van der Waals surface area (Å²) in [4.78, 5) is 36.7. The fraction of sp³-hybridized carbons (Fsp3) is 0.348. The number of nitrogens with one attached hydrogen (secondary N) is 1. The molecule has 3 aromatic rings. The minimum atomic E-state index is -0.640. The van der Waals surface area contributed by atoms with E-state index in [0.717, 1.165) is 29.5 Å². The lowest BCUT2D eigenvalue weighted by Crippen LogP contribution is -2.27. The summed E-state index contributed by atoms with van der Waals surface area (Å²) in [6.45, 7) is 0.719. The predicted octanol–water partition coefficient (Wildman–Crippen LogP) is 4.26. The van der Waals surface area contributed by atoms with Gasteiger partial charge in [0.15, 0.2) is 0 Å². The number of carbonyl (C=O) groups excluding carboxylic acids is 2. The minimum Gasteiger partial charge on any atom is -0.467 e. The van der Waals surface area contributed by atoms with E-state index in [1.54, 1.807) is 6.07 Å². The van der Waals surface area contributed by atoms with Crippen LogP contribution in [0.3, 0.4) is 0 Å². The molecule has 0 aliphatic carbocycles. The molecule has 1 atom stereocenters. The first kappa shape index (κ1) is 22.6. The number of benzene rings is 2. The van der Waals surface area contributed by atoms with E-state index in [1.165, 1.54) is 22.6 Å². The van der Waals surface area contributed by atoms with E-state index in [9.17, 15) is 14.4 Å². The van der Waals surface area contributed by atoms with Gasteiger partial charge in [0.05, 0.1) is 17.2 Å². The van der Waals surface area contributed by atoms with E-state index in [1.807, 2.05) is 48.5 Å². The number of esters is 1. The van der Waals surface area contributed by atoms with Crippen LogP contribution >= 0.6 is 11.5 Å². The standard InChI is InChI=1S/C23H26N2O5S/c1-29-22(27)19(25-21(26)18-12-7-8-14-20(18)31-25)13-6-3-9-15-24-23(28)30-16-17-10-4-2-5-11-17/h2,4-5,7-8,10-12,14,19H,3,6,9,13,15-16H2,1H3,(H,24,28). The highest BCUT2D eigenvalue weighted by Gasteiger charge is 2.24. The number of hydrogen-bond donors (Lipinski definition) is 1. The number of alkyl carbamates (subject to hydrolysis) is 1. The van der Waals surface area contributed by atoms with Gasteiger partial charge in [0.1, 0.15) is 12.6 Å². The molecule has 1 unspecified atom stereocenters. The van der Waals surface area contributed by atoms with Gasteiger partial charge in [-0.15, -0.1) is 0 Å². The summed E-state index contributed by atoms with van der Waals surface area (Å²) in [7, 11) is 1.33. The number of aromatic nitrogens is 1. The smallest absolute Gasteiger partial charge is 0.407 e. The quantitative estimate of drug-likeness (QED) is 0.374. The number of nitrogens with zero attached hydrogens (tertiary/aromatic N) is 1. The number of ether oxygens (including phenoxy) is 2. The van der Waals surface area contributed by atoms with E-state index in [4.69, 9.17) is 9.47 Å². The lowest BCUT2D eigenvalue weighted by atomic mass is 10.1. The molecule has 1 heterocycles. The zero-order valence-electron chi connectivity index (χ0n) is 17.4. The predicted molar refractivity (Wildman–Crippen MR) is 120 cm³/mol. The Bertz CT molecular complexity index is 1060. The van der Waals surface area contributed by atoms with E-state index in [0.29, 0.717) is 18.4 Å². The molecule has 0 spiro atoms. The number of unbranched alkanes of at least 4 members (excludes halogenated alkanes) is 2. The van der Waals surface area contributed by atoms with Crippen LogP contribution in [0.5, 0.6) is 0 Å². The van der Waals surface area contributed by atoms with Crippen LogP contribution in [-0.4, -0.2) is 29.7 Å². The highest BCUT2D eigenvalue weighted by atomic mass is 32.1. The van der Waals surface area contributed by atoms with Crippen molar-refractivity contribution < 1.29 is 19.1 Å². The molecular formula is C23H26N2O5S. The van der Waals surface area contributed by atoms with Crippen molar-refractivity contribution in [2.24, 2.45) is 0 Å². The lowest BCUT2D eigenvalue weighted by molar-refractivity contribution is -0.144. The molecule has 2 aromatic carbocycles. The lowest BCUT2D eigenvalue weighted by Gasteiger charge is -2.14. The zero-order valence-corrected chi connectivity index (χ0v) is 18.2. The Labute approximate surface area is 184 Å². The molecule has 0 radical (unpaired) electrons. The number of hydrogen-bond acceptors (Lipinski definition) is 6. The van der Waals surface area contributed by atoms with Gasteiger partial charge in [-0.2, -0.15) is 0 Å². The first-order valence-corrected chi connectivity index (χ1v) is 11.0. The van der Waals surface area contributed by atoms with Crippen molar-refractivity contribution in [1.82, 2.24) is 9.27 Å². The Hall–Kier alpha value is -3.13. The maximum atomic E-state index is 12.7. The van der Waals surface area contributed by atoms with Gasteiger partial charge in [-0.3, -0.25) is 4.79 Å². The average Bonchev–Trinajstić information content (AvgIpc) is 3.13. The van der Waals surface area contributed by atoms with Crippen LogP contribution in [0.25, 0.3) is 10.1 Å².